The number of allylic oxidation sites excluding steroid dienone is 1. The van der Waals surface area contributed by atoms with Crippen molar-refractivity contribution in [3.63, 3.8) is 0 Å². The second-order valence-electron chi connectivity index (χ2n) is 13.0. The Labute approximate surface area is 271 Å². The molecule has 0 bridgehead atoms. The molecule has 3 aliphatic rings. The average molecular weight is 658 g/mol. The quantitative estimate of drug-likeness (QED) is 0.403. The monoisotopic (exact) mass is 657 g/mol. The number of carbonyl (C=O) groups excluding carboxylic acids is 3. The Kier molecular flexibility index (Phi) is 9.57. The summed E-state index contributed by atoms with van der Waals surface area (Å²) in [5, 5.41) is 28.8. The van der Waals surface area contributed by atoms with E-state index in [0.29, 0.717) is 29.2 Å². The van der Waals surface area contributed by atoms with E-state index in [0.717, 1.165) is 19.3 Å². The zero-order valence-corrected chi connectivity index (χ0v) is 27.1. The van der Waals surface area contributed by atoms with Gasteiger partial charge in [0.05, 0.1) is 18.2 Å². The van der Waals surface area contributed by atoms with Crippen LogP contribution in [-0.2, 0) is 19.1 Å². The number of benzene rings is 1. The number of hydrogen-bond acceptors (Lipinski definition) is 9. The maximum absolute atomic E-state index is 14.2. The molecule has 5 atom stereocenters. The zero-order chi connectivity index (χ0) is 33.2. The van der Waals surface area contributed by atoms with E-state index < -0.39 is 53.1 Å². The first-order chi connectivity index (χ1) is 21.8. The fourth-order valence-electron chi connectivity index (χ4n) is 6.00. The van der Waals surface area contributed by atoms with Crippen LogP contribution in [0.25, 0.3) is 11.4 Å². The third-order valence-electron chi connectivity index (χ3n) is 8.49. The van der Waals surface area contributed by atoms with Crippen LogP contribution in [-0.4, -0.2) is 91.0 Å². The molecule has 2 fully saturated rings. The Bertz CT molecular complexity index is 1520. The number of fused-ring (bicyclic) bond motifs is 2. The summed E-state index contributed by atoms with van der Waals surface area (Å²) in [6.45, 7) is 5.22. The second-order valence-corrected chi connectivity index (χ2v) is 13.4. The molecule has 2 aliphatic heterocycles. The highest BCUT2D eigenvalue weighted by atomic mass is 35.5. The van der Waals surface area contributed by atoms with Gasteiger partial charge in [0.2, 0.25) is 17.6 Å². The molecule has 15 heteroatoms. The number of aliphatic carboxylic acids is 1. The molecule has 3 heterocycles. The number of carboxylic acid groups (broad SMARTS) is 1. The zero-order valence-electron chi connectivity index (χ0n) is 26.4. The molecule has 3 N–H and O–H groups in total. The van der Waals surface area contributed by atoms with Crippen molar-refractivity contribution in [2.75, 3.05) is 13.7 Å². The number of rotatable bonds is 5. The molecule has 14 nitrogen and oxygen atoms in total. The van der Waals surface area contributed by atoms with Gasteiger partial charge in [0.15, 0.2) is 0 Å². The minimum absolute atomic E-state index is 0.0337. The number of nitrogens with zero attached hydrogens (tertiary/aromatic N) is 5. The van der Waals surface area contributed by atoms with Gasteiger partial charge in [-0.2, -0.15) is 4.80 Å². The van der Waals surface area contributed by atoms with E-state index in [-0.39, 0.29) is 31.1 Å². The van der Waals surface area contributed by atoms with Gasteiger partial charge in [0.25, 0.3) is 0 Å². The lowest BCUT2D eigenvalue weighted by Crippen LogP contribution is -2.56. The summed E-state index contributed by atoms with van der Waals surface area (Å²) in [4.78, 5) is 55.9. The van der Waals surface area contributed by atoms with Crippen LogP contribution in [0.15, 0.2) is 30.4 Å². The minimum atomic E-state index is -1.44. The van der Waals surface area contributed by atoms with Gasteiger partial charge in [-0.25, -0.2) is 9.59 Å². The fourth-order valence-corrected chi connectivity index (χ4v) is 6.25. The topological polar surface area (TPSA) is 178 Å². The molecule has 46 heavy (non-hydrogen) atoms. The van der Waals surface area contributed by atoms with Crippen LogP contribution >= 0.6 is 11.6 Å². The molecule has 1 aromatic carbocycles. The van der Waals surface area contributed by atoms with Gasteiger partial charge in [-0.3, -0.25) is 9.59 Å². The number of alkyl carbamates (subject to hydrolysis) is 1. The van der Waals surface area contributed by atoms with Crippen molar-refractivity contribution in [3.05, 3.63) is 35.4 Å². The van der Waals surface area contributed by atoms with E-state index >= 15 is 0 Å². The third kappa shape index (κ3) is 7.27. The summed E-state index contributed by atoms with van der Waals surface area (Å²) in [5.74, 6) is -1.77. The molecular weight excluding hydrogens is 618 g/mol. The number of amides is 3. The van der Waals surface area contributed by atoms with Gasteiger partial charge in [-0.1, -0.05) is 36.6 Å². The maximum Gasteiger partial charge on any atom is 0.408 e. The van der Waals surface area contributed by atoms with E-state index in [4.69, 9.17) is 21.1 Å². The normalized spacial score (nSPS) is 27.7. The predicted molar refractivity (Wildman–Crippen MR) is 166 cm³/mol. The standard InChI is InChI=1S/C31H40ClN7O7/c1-30(2,3)46-29(44)33-22-11-9-7-5-6-8-10-19-16-31(19,28(42)43)34-26(40)23-15-20(17-38(23)27(22)41)39-36-25(35-37-39)18-12-13-24(45-4)21(32)14-18/h8,10,12-14,19-20,22-23H,5-7,9,11,15-17H2,1-4H3,(H,33,44)(H,34,40)(H,42,43)/b10-8-/t19-,20+,22+,23+,31+/m1/s1. The van der Waals surface area contributed by atoms with Crippen molar-refractivity contribution in [1.82, 2.24) is 35.7 Å². The Morgan fingerprint density at radius 1 is 1.20 bits per heavy atom. The maximum atomic E-state index is 14.2. The minimum Gasteiger partial charge on any atom is -0.495 e. The first-order valence-electron chi connectivity index (χ1n) is 15.5. The third-order valence-corrected chi connectivity index (χ3v) is 8.79. The Morgan fingerprint density at radius 2 is 1.98 bits per heavy atom. The van der Waals surface area contributed by atoms with E-state index in [1.54, 1.807) is 39.0 Å². The van der Waals surface area contributed by atoms with Crippen LogP contribution in [0.1, 0.15) is 71.8 Å². The lowest BCUT2D eigenvalue weighted by molar-refractivity contribution is -0.145. The summed E-state index contributed by atoms with van der Waals surface area (Å²) < 4.78 is 10.7. The molecule has 1 saturated carbocycles. The summed E-state index contributed by atoms with van der Waals surface area (Å²) in [6, 6.07) is 2.50. The number of carbonyl (C=O) groups is 4. The number of methoxy groups -OCH3 is 1. The highest BCUT2D eigenvalue weighted by Gasteiger charge is 2.61. The van der Waals surface area contributed by atoms with Gasteiger partial charge in [-0.15, -0.1) is 10.2 Å². The Balaban J connectivity index is 1.44. The van der Waals surface area contributed by atoms with Crippen molar-refractivity contribution < 1.29 is 33.8 Å². The van der Waals surface area contributed by atoms with Crippen LogP contribution in [0.2, 0.25) is 5.02 Å². The molecular formula is C31H40ClN7O7. The Hall–Kier alpha value is -4.20. The van der Waals surface area contributed by atoms with Crippen molar-refractivity contribution in [2.24, 2.45) is 5.92 Å². The molecule has 5 rings (SSSR count). The number of nitrogens with one attached hydrogen (secondary N) is 2. The van der Waals surface area contributed by atoms with Gasteiger partial charge >= 0.3 is 12.1 Å². The number of carboxylic acids is 1. The lowest BCUT2D eigenvalue weighted by Gasteiger charge is -2.30. The molecule has 1 aromatic heterocycles. The highest BCUT2D eigenvalue weighted by molar-refractivity contribution is 6.32. The molecule has 0 radical (unpaired) electrons. The molecule has 3 amide bonds. The Morgan fingerprint density at radius 3 is 2.67 bits per heavy atom. The van der Waals surface area contributed by atoms with Crippen LogP contribution in [0, 0.1) is 5.92 Å². The van der Waals surface area contributed by atoms with Gasteiger partial charge in [0, 0.05) is 24.4 Å². The molecule has 248 valence electrons. The SMILES string of the molecule is COc1ccc(-c2nnn([C@H]3C[C@H]4C(=O)N[C@@]5(C(=O)O)C[C@H]5/C=C\CCCCC[C@H](NC(=O)OC(C)(C)C)C(=O)N4C3)n2)cc1Cl. The van der Waals surface area contributed by atoms with Crippen molar-refractivity contribution in [2.45, 2.75) is 95.0 Å². The van der Waals surface area contributed by atoms with Crippen molar-refractivity contribution >= 4 is 35.5 Å². The largest absolute Gasteiger partial charge is 0.495 e. The molecule has 2 aromatic rings. The summed E-state index contributed by atoms with van der Waals surface area (Å²) >= 11 is 6.29. The smallest absolute Gasteiger partial charge is 0.408 e. The van der Waals surface area contributed by atoms with E-state index in [1.807, 2.05) is 12.2 Å². The lowest BCUT2D eigenvalue weighted by atomic mass is 10.0. The summed E-state index contributed by atoms with van der Waals surface area (Å²) in [7, 11) is 1.51. The molecule has 0 spiro atoms. The van der Waals surface area contributed by atoms with Crippen molar-refractivity contribution in [1.29, 1.82) is 0 Å². The molecule has 1 aliphatic carbocycles. The number of tetrazole rings is 1. The van der Waals surface area contributed by atoms with Crippen LogP contribution in [0.3, 0.4) is 0 Å². The van der Waals surface area contributed by atoms with Gasteiger partial charge in [0.1, 0.15) is 29.0 Å². The van der Waals surface area contributed by atoms with Crippen molar-refractivity contribution in [3.8, 4) is 17.1 Å². The first kappa shape index (κ1) is 33.2. The molecule has 0 unspecified atom stereocenters. The van der Waals surface area contributed by atoms with Gasteiger partial charge < -0.3 is 30.1 Å². The van der Waals surface area contributed by atoms with Crippen LogP contribution < -0.4 is 15.4 Å². The molecule has 1 saturated heterocycles. The van der Waals surface area contributed by atoms with Crippen LogP contribution in [0.4, 0.5) is 4.79 Å². The van der Waals surface area contributed by atoms with E-state index in [2.05, 4.69) is 26.0 Å². The van der Waals surface area contributed by atoms with E-state index in [1.165, 1.54) is 16.8 Å². The first-order valence-corrected chi connectivity index (χ1v) is 15.8. The fraction of sp³-hybridized carbons (Fsp3) is 0.581. The number of halogens is 1. The average Bonchev–Trinajstić information content (AvgIpc) is 3.31. The van der Waals surface area contributed by atoms with Crippen LogP contribution in [0.5, 0.6) is 5.75 Å². The van der Waals surface area contributed by atoms with E-state index in [9.17, 15) is 24.3 Å². The van der Waals surface area contributed by atoms with Gasteiger partial charge in [-0.05, 0) is 69.9 Å². The second kappa shape index (κ2) is 13.3. The number of aromatic nitrogens is 4. The summed E-state index contributed by atoms with van der Waals surface area (Å²) in [6.07, 6.45) is 6.78. The number of ether oxygens (including phenoxy) is 2. The predicted octanol–water partition coefficient (Wildman–Crippen LogP) is 3.52. The number of hydrogen-bond donors (Lipinski definition) is 3. The summed E-state index contributed by atoms with van der Waals surface area (Å²) in [5.41, 5.74) is -1.63. The highest BCUT2D eigenvalue weighted by Crippen LogP contribution is 2.45.